The number of nitrogens with two attached hydrogens (primary N) is 2. The minimum absolute atomic E-state index is 0. The molecule has 1 aromatic rings. The van der Waals surface area contributed by atoms with Crippen LogP contribution in [0.4, 0.5) is 5.69 Å². The third kappa shape index (κ3) is 4.51. The summed E-state index contributed by atoms with van der Waals surface area (Å²) >= 11 is 6.00. The van der Waals surface area contributed by atoms with E-state index in [2.05, 4.69) is 5.32 Å². The smallest absolute Gasteiger partial charge is 0.253 e. The topological polar surface area (TPSA) is 98.2 Å². The average Bonchev–Trinajstić information content (AvgIpc) is 2.39. The maximum atomic E-state index is 12.1. The van der Waals surface area contributed by atoms with Crippen molar-refractivity contribution in [2.75, 3.05) is 5.73 Å². The molecule has 0 atom stereocenters. The molecule has 0 saturated heterocycles. The van der Waals surface area contributed by atoms with Gasteiger partial charge in [-0.25, -0.2) is 0 Å². The fourth-order valence-electron chi connectivity index (χ4n) is 2.50. The van der Waals surface area contributed by atoms with Gasteiger partial charge in [-0.2, -0.15) is 0 Å². The summed E-state index contributed by atoms with van der Waals surface area (Å²) < 4.78 is 0. The number of anilines is 1. The molecule has 1 aliphatic rings. The number of rotatable bonds is 3. The van der Waals surface area contributed by atoms with Gasteiger partial charge in [-0.1, -0.05) is 11.6 Å². The van der Waals surface area contributed by atoms with E-state index in [1.165, 1.54) is 0 Å². The Bertz CT molecular complexity index is 529. The molecule has 21 heavy (non-hydrogen) atoms. The number of amides is 2. The third-order valence-corrected chi connectivity index (χ3v) is 4.02. The van der Waals surface area contributed by atoms with Gasteiger partial charge in [0.2, 0.25) is 5.91 Å². The Morgan fingerprint density at radius 3 is 2.33 bits per heavy atom. The number of carbonyl (C=O) groups excluding carboxylic acids is 2. The highest BCUT2D eigenvalue weighted by Gasteiger charge is 2.26. The quantitative estimate of drug-likeness (QED) is 0.740. The maximum Gasteiger partial charge on any atom is 0.253 e. The Balaban J connectivity index is 0.00000220. The number of halogens is 2. The van der Waals surface area contributed by atoms with Gasteiger partial charge in [-0.15, -0.1) is 12.4 Å². The van der Waals surface area contributed by atoms with Gasteiger partial charge in [0.15, 0.2) is 0 Å². The zero-order chi connectivity index (χ0) is 14.7. The molecule has 2 rings (SSSR count). The molecule has 2 amide bonds. The molecular formula is C14H19Cl2N3O2. The SMILES string of the molecule is Cl.NC(=O)C1CCC(NC(=O)c2ccc(N)cc2Cl)CC1. The zero-order valence-corrected chi connectivity index (χ0v) is 13.0. The lowest BCUT2D eigenvalue weighted by Gasteiger charge is -2.27. The van der Waals surface area contributed by atoms with Crippen molar-refractivity contribution in [1.29, 1.82) is 0 Å². The maximum absolute atomic E-state index is 12.1. The normalized spacial score (nSPS) is 21.2. The standard InChI is InChI=1S/C14H18ClN3O2.ClH/c15-12-7-9(16)3-6-11(12)14(20)18-10-4-1-8(2-5-10)13(17)19;/h3,6-8,10H,1-2,4-5,16H2,(H2,17,19)(H,18,20);1H. The van der Waals surface area contributed by atoms with Crippen LogP contribution in [0.25, 0.3) is 0 Å². The highest BCUT2D eigenvalue weighted by atomic mass is 35.5. The summed E-state index contributed by atoms with van der Waals surface area (Å²) in [4.78, 5) is 23.2. The molecule has 0 aliphatic heterocycles. The molecule has 1 aromatic carbocycles. The fraction of sp³-hybridized carbons (Fsp3) is 0.429. The number of nitrogens with one attached hydrogen (secondary N) is 1. The van der Waals surface area contributed by atoms with E-state index >= 15 is 0 Å². The van der Waals surface area contributed by atoms with Gasteiger partial charge in [-0.3, -0.25) is 9.59 Å². The van der Waals surface area contributed by atoms with E-state index in [1.54, 1.807) is 18.2 Å². The second kappa shape index (κ2) is 7.52. The van der Waals surface area contributed by atoms with E-state index in [0.29, 0.717) is 16.3 Å². The van der Waals surface area contributed by atoms with Gasteiger partial charge in [0, 0.05) is 17.6 Å². The van der Waals surface area contributed by atoms with E-state index < -0.39 is 0 Å². The van der Waals surface area contributed by atoms with Crippen molar-refractivity contribution in [2.45, 2.75) is 31.7 Å². The van der Waals surface area contributed by atoms with Crippen LogP contribution in [0.3, 0.4) is 0 Å². The second-order valence-electron chi connectivity index (χ2n) is 5.16. The summed E-state index contributed by atoms with van der Waals surface area (Å²) in [6.07, 6.45) is 2.95. The minimum atomic E-state index is -0.253. The van der Waals surface area contributed by atoms with Crippen LogP contribution in [0.1, 0.15) is 36.0 Å². The molecule has 0 heterocycles. The Hall–Kier alpha value is -1.46. The van der Waals surface area contributed by atoms with Crippen LogP contribution in [0.2, 0.25) is 5.02 Å². The molecule has 5 N–H and O–H groups in total. The summed E-state index contributed by atoms with van der Waals surface area (Å²) in [7, 11) is 0. The molecule has 1 fully saturated rings. The first-order chi connectivity index (χ1) is 9.47. The van der Waals surface area contributed by atoms with Crippen molar-refractivity contribution in [3.8, 4) is 0 Å². The van der Waals surface area contributed by atoms with E-state index in [0.717, 1.165) is 25.7 Å². The van der Waals surface area contributed by atoms with Crippen molar-refractivity contribution in [3.05, 3.63) is 28.8 Å². The summed E-state index contributed by atoms with van der Waals surface area (Å²) in [5.41, 5.74) is 11.8. The fourth-order valence-corrected chi connectivity index (χ4v) is 2.78. The first-order valence-electron chi connectivity index (χ1n) is 6.62. The second-order valence-corrected chi connectivity index (χ2v) is 5.57. The van der Waals surface area contributed by atoms with Crippen LogP contribution < -0.4 is 16.8 Å². The number of hydrogen-bond donors (Lipinski definition) is 3. The van der Waals surface area contributed by atoms with Gasteiger partial charge in [0.1, 0.15) is 0 Å². The van der Waals surface area contributed by atoms with Gasteiger partial charge in [0.25, 0.3) is 5.91 Å². The predicted molar refractivity (Wildman–Crippen MR) is 85.5 cm³/mol. The van der Waals surface area contributed by atoms with Gasteiger partial charge in [-0.05, 0) is 43.9 Å². The molecule has 0 bridgehead atoms. The highest BCUT2D eigenvalue weighted by Crippen LogP contribution is 2.25. The van der Waals surface area contributed by atoms with E-state index in [-0.39, 0.29) is 36.2 Å². The van der Waals surface area contributed by atoms with E-state index in [4.69, 9.17) is 23.1 Å². The molecule has 1 saturated carbocycles. The molecule has 7 heteroatoms. The number of primary amides is 1. The lowest BCUT2D eigenvalue weighted by Crippen LogP contribution is -2.39. The summed E-state index contributed by atoms with van der Waals surface area (Å²) in [6, 6.07) is 4.87. The van der Waals surface area contributed by atoms with Crippen LogP contribution in [0.5, 0.6) is 0 Å². The van der Waals surface area contributed by atoms with Crippen molar-refractivity contribution in [1.82, 2.24) is 5.32 Å². The summed E-state index contributed by atoms with van der Waals surface area (Å²) in [6.45, 7) is 0. The largest absolute Gasteiger partial charge is 0.399 e. The lowest BCUT2D eigenvalue weighted by atomic mass is 9.85. The Morgan fingerprint density at radius 1 is 1.19 bits per heavy atom. The van der Waals surface area contributed by atoms with Crippen molar-refractivity contribution < 1.29 is 9.59 Å². The minimum Gasteiger partial charge on any atom is -0.399 e. The van der Waals surface area contributed by atoms with E-state index in [1.807, 2.05) is 0 Å². The van der Waals surface area contributed by atoms with Gasteiger partial charge < -0.3 is 16.8 Å². The number of benzene rings is 1. The van der Waals surface area contributed by atoms with Crippen LogP contribution in [0.15, 0.2) is 18.2 Å². The Labute approximate surface area is 134 Å². The first kappa shape index (κ1) is 17.6. The lowest BCUT2D eigenvalue weighted by molar-refractivity contribution is -0.122. The average molecular weight is 332 g/mol. The van der Waals surface area contributed by atoms with Crippen LogP contribution in [-0.2, 0) is 4.79 Å². The summed E-state index contributed by atoms with van der Waals surface area (Å²) in [5, 5.41) is 3.28. The molecular weight excluding hydrogens is 313 g/mol. The van der Waals surface area contributed by atoms with E-state index in [9.17, 15) is 9.59 Å². The molecule has 0 radical (unpaired) electrons. The summed E-state index contributed by atoms with van der Waals surface area (Å²) in [5.74, 6) is -0.530. The van der Waals surface area contributed by atoms with Crippen LogP contribution in [-0.4, -0.2) is 17.9 Å². The molecule has 5 nitrogen and oxygen atoms in total. The van der Waals surface area contributed by atoms with Crippen molar-refractivity contribution >= 4 is 41.5 Å². The number of nitrogen functional groups attached to an aromatic ring is 1. The molecule has 0 aromatic heterocycles. The zero-order valence-electron chi connectivity index (χ0n) is 11.5. The number of hydrogen-bond acceptors (Lipinski definition) is 3. The molecule has 116 valence electrons. The third-order valence-electron chi connectivity index (χ3n) is 3.70. The predicted octanol–water partition coefficient (Wildman–Crippen LogP) is 2.12. The Morgan fingerprint density at radius 2 is 1.81 bits per heavy atom. The van der Waals surface area contributed by atoms with Crippen LogP contribution >= 0.6 is 24.0 Å². The monoisotopic (exact) mass is 331 g/mol. The molecule has 0 unspecified atom stereocenters. The highest BCUT2D eigenvalue weighted by molar-refractivity contribution is 6.34. The van der Waals surface area contributed by atoms with Gasteiger partial charge >= 0.3 is 0 Å². The first-order valence-corrected chi connectivity index (χ1v) is 7.00. The van der Waals surface area contributed by atoms with Crippen molar-refractivity contribution in [2.24, 2.45) is 11.7 Å². The molecule has 1 aliphatic carbocycles. The van der Waals surface area contributed by atoms with Gasteiger partial charge in [0.05, 0.1) is 10.6 Å². The molecule has 0 spiro atoms. The number of carbonyl (C=O) groups is 2. The van der Waals surface area contributed by atoms with Crippen LogP contribution in [0, 0.1) is 5.92 Å². The Kier molecular flexibility index (Phi) is 6.30. The van der Waals surface area contributed by atoms with Crippen molar-refractivity contribution in [3.63, 3.8) is 0 Å².